The van der Waals surface area contributed by atoms with E-state index in [-0.39, 0.29) is 18.5 Å². The maximum Gasteiger partial charge on any atom is 0.244 e. The highest BCUT2D eigenvalue weighted by atomic mass is 79.9. The van der Waals surface area contributed by atoms with Gasteiger partial charge in [-0.15, -0.1) is 5.92 Å². The molecule has 6 heteroatoms. The average Bonchev–Trinajstić information content (AvgIpc) is 3.31. The molecule has 1 fully saturated rings. The number of fused-ring (bicyclic) bond motifs is 1. The Hall–Kier alpha value is -2.33. The topological polar surface area (TPSA) is 50.5 Å². The third kappa shape index (κ3) is 6.96. The third-order valence-electron chi connectivity index (χ3n) is 7.07. The van der Waals surface area contributed by atoms with Crippen molar-refractivity contribution in [3.05, 3.63) is 70.4 Å². The number of nitrogens with zero attached hydrogens (tertiary/aromatic N) is 1. The molecule has 2 aromatic carbocycles. The third-order valence-corrected chi connectivity index (χ3v) is 9.39. The number of furan rings is 1. The van der Waals surface area contributed by atoms with Crippen molar-refractivity contribution in [1.82, 2.24) is 4.31 Å². The number of benzene rings is 2. The molecule has 0 amide bonds. The van der Waals surface area contributed by atoms with Gasteiger partial charge in [0, 0.05) is 28.4 Å². The molecule has 1 heterocycles. The highest BCUT2D eigenvalue weighted by Crippen LogP contribution is 2.33. The SMILES string of the molecule is CCCCC#C[C@@H](C1CCCCC1)N(C/C(Br)=C/c1coc2ccccc12)S(=O)(=O)c1ccc(C)cc1. The Bertz CT molecular complexity index is 1370. The molecular formula is C31H36BrNO3S. The maximum atomic E-state index is 14.2. The Balaban J connectivity index is 1.75. The lowest BCUT2D eigenvalue weighted by Gasteiger charge is -2.35. The first-order valence-electron chi connectivity index (χ1n) is 13.3. The Morgan fingerprint density at radius 2 is 1.86 bits per heavy atom. The largest absolute Gasteiger partial charge is 0.464 e. The summed E-state index contributed by atoms with van der Waals surface area (Å²) >= 11 is 3.71. The second-order valence-electron chi connectivity index (χ2n) is 9.91. The minimum atomic E-state index is -3.79. The number of hydrogen-bond acceptors (Lipinski definition) is 3. The van der Waals surface area contributed by atoms with Gasteiger partial charge in [0.05, 0.1) is 17.2 Å². The number of aryl methyl sites for hydroxylation is 1. The van der Waals surface area contributed by atoms with Crippen LogP contribution in [0.4, 0.5) is 0 Å². The van der Waals surface area contributed by atoms with Crippen molar-refractivity contribution < 1.29 is 12.8 Å². The van der Waals surface area contributed by atoms with Gasteiger partial charge < -0.3 is 4.42 Å². The van der Waals surface area contributed by atoms with Gasteiger partial charge in [0.15, 0.2) is 0 Å². The van der Waals surface area contributed by atoms with Gasteiger partial charge in [-0.05, 0) is 56.4 Å². The van der Waals surface area contributed by atoms with E-state index in [1.165, 1.54) is 6.42 Å². The summed E-state index contributed by atoms with van der Waals surface area (Å²) in [5.74, 6) is 6.99. The lowest BCUT2D eigenvalue weighted by atomic mass is 9.84. The molecule has 4 rings (SSSR count). The molecule has 1 atom stereocenters. The molecule has 0 bridgehead atoms. The first kappa shape index (κ1) is 27.7. The molecular weight excluding hydrogens is 546 g/mol. The molecule has 0 aliphatic heterocycles. The molecule has 1 saturated carbocycles. The van der Waals surface area contributed by atoms with Crippen molar-refractivity contribution in [1.29, 1.82) is 0 Å². The van der Waals surface area contributed by atoms with Gasteiger partial charge in [-0.2, -0.15) is 4.31 Å². The zero-order chi connectivity index (χ0) is 26.3. The number of sulfonamides is 1. The number of rotatable bonds is 9. The van der Waals surface area contributed by atoms with Crippen LogP contribution in [0, 0.1) is 24.7 Å². The normalized spacial score (nSPS) is 16.1. The molecule has 1 aliphatic carbocycles. The van der Waals surface area contributed by atoms with Gasteiger partial charge in [-0.25, -0.2) is 8.42 Å². The molecule has 1 aromatic heterocycles. The zero-order valence-corrected chi connectivity index (χ0v) is 24.2. The predicted molar refractivity (Wildman–Crippen MR) is 156 cm³/mol. The van der Waals surface area contributed by atoms with E-state index < -0.39 is 10.0 Å². The van der Waals surface area contributed by atoms with Crippen molar-refractivity contribution in [2.75, 3.05) is 6.54 Å². The van der Waals surface area contributed by atoms with Crippen LogP contribution in [0.15, 0.2) is 68.6 Å². The van der Waals surface area contributed by atoms with Crippen LogP contribution in [0.3, 0.4) is 0 Å². The van der Waals surface area contributed by atoms with Gasteiger partial charge in [-0.1, -0.05) is 90.4 Å². The van der Waals surface area contributed by atoms with Crippen molar-refractivity contribution in [2.24, 2.45) is 5.92 Å². The van der Waals surface area contributed by atoms with Crippen LogP contribution in [-0.2, 0) is 10.0 Å². The highest BCUT2D eigenvalue weighted by molar-refractivity contribution is 9.11. The summed E-state index contributed by atoms with van der Waals surface area (Å²) in [6.45, 7) is 4.32. The fourth-order valence-electron chi connectivity index (χ4n) is 4.97. The Morgan fingerprint density at radius 3 is 2.59 bits per heavy atom. The van der Waals surface area contributed by atoms with E-state index in [4.69, 9.17) is 4.42 Å². The lowest BCUT2D eigenvalue weighted by molar-refractivity contribution is 0.244. The van der Waals surface area contributed by atoms with E-state index in [2.05, 4.69) is 34.7 Å². The minimum absolute atomic E-state index is 0.208. The van der Waals surface area contributed by atoms with E-state index in [1.807, 2.05) is 49.4 Å². The van der Waals surface area contributed by atoms with Crippen LogP contribution in [0.2, 0.25) is 0 Å². The fraction of sp³-hybridized carbons (Fsp3) is 0.419. The first-order chi connectivity index (χ1) is 17.9. The van der Waals surface area contributed by atoms with Crippen LogP contribution in [-0.4, -0.2) is 25.3 Å². The molecule has 1 aliphatic rings. The van der Waals surface area contributed by atoms with Gasteiger partial charge in [0.25, 0.3) is 0 Å². The van der Waals surface area contributed by atoms with E-state index in [9.17, 15) is 8.42 Å². The van der Waals surface area contributed by atoms with Crippen LogP contribution in [0.25, 0.3) is 17.0 Å². The standard InChI is InChI=1S/C31H36BrNO3S/c1-3-4-5-9-15-30(25-12-7-6-8-13-25)33(37(34,35)28-19-17-24(2)18-20-28)22-27(32)21-26-23-36-31-16-11-10-14-29(26)31/h10-11,14,16-21,23,25,30H,3-8,12-13,22H2,1-2H3/b27-21-/t30-/m0/s1. The monoisotopic (exact) mass is 581 g/mol. The van der Waals surface area contributed by atoms with Crippen LogP contribution in [0.1, 0.15) is 69.4 Å². The smallest absolute Gasteiger partial charge is 0.244 e. The Labute approximate surface area is 230 Å². The molecule has 0 saturated heterocycles. The van der Waals surface area contributed by atoms with Crippen LogP contribution < -0.4 is 0 Å². The van der Waals surface area contributed by atoms with Crippen molar-refractivity contribution in [3.8, 4) is 11.8 Å². The summed E-state index contributed by atoms with van der Waals surface area (Å²) in [7, 11) is -3.79. The second-order valence-corrected chi connectivity index (χ2v) is 12.8. The molecule has 3 aromatic rings. The van der Waals surface area contributed by atoms with Crippen molar-refractivity contribution in [3.63, 3.8) is 0 Å². The molecule has 0 spiro atoms. The molecule has 4 nitrogen and oxygen atoms in total. The summed E-state index contributed by atoms with van der Waals surface area (Å²) in [5.41, 5.74) is 2.75. The van der Waals surface area contributed by atoms with Gasteiger partial charge >= 0.3 is 0 Å². The minimum Gasteiger partial charge on any atom is -0.464 e. The van der Waals surface area contributed by atoms with Crippen LogP contribution >= 0.6 is 15.9 Å². The predicted octanol–water partition coefficient (Wildman–Crippen LogP) is 8.31. The van der Waals surface area contributed by atoms with E-state index in [0.717, 1.165) is 71.5 Å². The molecule has 37 heavy (non-hydrogen) atoms. The average molecular weight is 583 g/mol. The fourth-order valence-corrected chi connectivity index (χ4v) is 7.24. The summed E-state index contributed by atoms with van der Waals surface area (Å²) < 4.78 is 36.4. The van der Waals surface area contributed by atoms with Crippen LogP contribution in [0.5, 0.6) is 0 Å². The lowest BCUT2D eigenvalue weighted by Crippen LogP contribution is -2.45. The van der Waals surface area contributed by atoms with E-state index in [1.54, 1.807) is 22.7 Å². The van der Waals surface area contributed by atoms with E-state index >= 15 is 0 Å². The number of halogens is 1. The first-order valence-corrected chi connectivity index (χ1v) is 15.5. The zero-order valence-electron chi connectivity index (χ0n) is 21.8. The molecule has 0 unspecified atom stereocenters. The number of para-hydroxylation sites is 1. The summed E-state index contributed by atoms with van der Waals surface area (Å²) in [6.07, 6.45) is 12.0. The summed E-state index contributed by atoms with van der Waals surface area (Å²) in [5, 5.41) is 0.996. The van der Waals surface area contributed by atoms with Gasteiger partial charge in [0.1, 0.15) is 5.58 Å². The summed E-state index contributed by atoms with van der Waals surface area (Å²) in [4.78, 5) is 0.309. The van der Waals surface area contributed by atoms with Crippen molar-refractivity contribution in [2.45, 2.75) is 76.2 Å². The quantitative estimate of drug-likeness (QED) is 0.188. The van der Waals surface area contributed by atoms with Gasteiger partial charge in [-0.3, -0.25) is 0 Å². The molecule has 0 radical (unpaired) electrons. The van der Waals surface area contributed by atoms with E-state index in [0.29, 0.717) is 4.90 Å². The Kier molecular flexibility index (Phi) is 9.70. The number of unbranched alkanes of at least 4 members (excludes halogenated alkanes) is 2. The molecule has 196 valence electrons. The highest BCUT2D eigenvalue weighted by Gasteiger charge is 2.36. The maximum absolute atomic E-state index is 14.2. The van der Waals surface area contributed by atoms with Gasteiger partial charge in [0.2, 0.25) is 10.0 Å². The van der Waals surface area contributed by atoms with Crippen molar-refractivity contribution >= 4 is 43.0 Å². The number of hydrogen-bond donors (Lipinski definition) is 0. The second kappa shape index (κ2) is 13.0. The Morgan fingerprint density at radius 1 is 1.14 bits per heavy atom. The summed E-state index contributed by atoms with van der Waals surface area (Å²) in [6, 6.07) is 14.6. The molecule has 0 N–H and O–H groups in total.